The molecule has 4 rings (SSSR count). The maximum absolute atomic E-state index is 14.2. The third-order valence-corrected chi connectivity index (χ3v) is 8.22. The molecule has 3 nitrogen and oxygen atoms in total. The fourth-order valence-corrected chi connectivity index (χ4v) is 6.42. The molecule has 0 radical (unpaired) electrons. The number of aromatic nitrogens is 2. The second-order valence-corrected chi connectivity index (χ2v) is 9.68. The number of fused-ring (bicyclic) bond motifs is 1. The first-order valence-electron chi connectivity index (χ1n) is 9.08. The molecule has 0 aliphatic heterocycles. The van der Waals surface area contributed by atoms with E-state index in [2.05, 4.69) is 11.9 Å². The Kier molecular flexibility index (Phi) is 4.87. The zero-order valence-electron chi connectivity index (χ0n) is 15.2. The minimum absolute atomic E-state index is 0.0637. The Morgan fingerprint density at radius 1 is 0.852 bits per heavy atom. The zero-order chi connectivity index (χ0) is 18.7. The predicted octanol–water partition coefficient (Wildman–Crippen LogP) is 4.75. The smallest absolute Gasteiger partial charge is 0.143 e. The summed E-state index contributed by atoms with van der Waals surface area (Å²) in [7, 11) is -2.76. The summed E-state index contributed by atoms with van der Waals surface area (Å²) in [6, 6.07) is 25.6. The van der Waals surface area contributed by atoms with Crippen LogP contribution < -0.4 is 10.6 Å². The minimum Gasteiger partial charge on any atom is -0.314 e. The SMILES string of the molecule is CC(CP(=O)(c1ccccc1)c1ccccc1)c1ccc2cnccc2n1. The van der Waals surface area contributed by atoms with Gasteiger partial charge in [0.15, 0.2) is 0 Å². The molecule has 0 aliphatic carbocycles. The number of nitrogens with zero attached hydrogens (tertiary/aromatic N) is 2. The lowest BCUT2D eigenvalue weighted by atomic mass is 10.1. The highest BCUT2D eigenvalue weighted by molar-refractivity contribution is 7.78. The van der Waals surface area contributed by atoms with Gasteiger partial charge in [0.05, 0.1) is 5.52 Å². The molecule has 0 saturated heterocycles. The van der Waals surface area contributed by atoms with Crippen LogP contribution in [0.4, 0.5) is 0 Å². The standard InChI is InChI=1S/C23H21N2OP/c1-18(22-13-12-19-16-24-15-14-23(19)25-22)17-27(26,20-8-4-2-5-9-20)21-10-6-3-7-11-21/h2-16,18H,17H2,1H3. The first-order valence-corrected chi connectivity index (χ1v) is 11.0. The van der Waals surface area contributed by atoms with Crippen LogP contribution in [-0.2, 0) is 4.57 Å². The van der Waals surface area contributed by atoms with Gasteiger partial charge in [0.25, 0.3) is 0 Å². The van der Waals surface area contributed by atoms with Gasteiger partial charge in [-0.3, -0.25) is 9.97 Å². The number of benzene rings is 2. The molecular formula is C23H21N2OP. The quantitative estimate of drug-likeness (QED) is 0.475. The van der Waals surface area contributed by atoms with Crippen LogP contribution in [0.3, 0.4) is 0 Å². The van der Waals surface area contributed by atoms with Gasteiger partial charge in [-0.2, -0.15) is 0 Å². The second-order valence-electron chi connectivity index (χ2n) is 6.80. The molecule has 27 heavy (non-hydrogen) atoms. The van der Waals surface area contributed by atoms with E-state index < -0.39 is 7.14 Å². The van der Waals surface area contributed by atoms with Crippen molar-refractivity contribution in [1.82, 2.24) is 9.97 Å². The molecule has 0 bridgehead atoms. The van der Waals surface area contributed by atoms with E-state index in [9.17, 15) is 4.57 Å². The van der Waals surface area contributed by atoms with Crippen molar-refractivity contribution in [3.63, 3.8) is 0 Å². The second kappa shape index (κ2) is 7.46. The predicted molar refractivity (Wildman–Crippen MR) is 113 cm³/mol. The Labute approximate surface area is 159 Å². The molecule has 0 aliphatic rings. The lowest BCUT2D eigenvalue weighted by molar-refractivity contribution is 0.583. The highest BCUT2D eigenvalue weighted by Crippen LogP contribution is 2.46. The summed E-state index contributed by atoms with van der Waals surface area (Å²) in [5, 5.41) is 2.81. The molecule has 4 aromatic rings. The van der Waals surface area contributed by atoms with Gasteiger partial charge in [-0.1, -0.05) is 67.6 Å². The van der Waals surface area contributed by atoms with E-state index in [1.807, 2.05) is 85.1 Å². The van der Waals surface area contributed by atoms with Crippen LogP contribution in [0.2, 0.25) is 0 Å². The van der Waals surface area contributed by atoms with Gasteiger partial charge in [-0.05, 0) is 18.2 Å². The van der Waals surface area contributed by atoms with E-state index in [1.54, 1.807) is 6.20 Å². The van der Waals surface area contributed by atoms with Crippen LogP contribution in [0, 0.1) is 0 Å². The van der Waals surface area contributed by atoms with Gasteiger partial charge in [0, 0.05) is 46.2 Å². The van der Waals surface area contributed by atoms with Crippen LogP contribution in [0.1, 0.15) is 18.5 Å². The Morgan fingerprint density at radius 3 is 2.11 bits per heavy atom. The highest BCUT2D eigenvalue weighted by atomic mass is 31.2. The first-order chi connectivity index (χ1) is 13.2. The van der Waals surface area contributed by atoms with Gasteiger partial charge in [0.2, 0.25) is 0 Å². The molecule has 2 heterocycles. The summed E-state index contributed by atoms with van der Waals surface area (Å²) in [4.78, 5) is 8.93. The van der Waals surface area contributed by atoms with Crippen molar-refractivity contribution in [3.8, 4) is 0 Å². The van der Waals surface area contributed by atoms with Gasteiger partial charge >= 0.3 is 0 Å². The summed E-state index contributed by atoms with van der Waals surface area (Å²) < 4.78 is 14.2. The minimum atomic E-state index is -2.76. The van der Waals surface area contributed by atoms with Crippen LogP contribution in [0.5, 0.6) is 0 Å². The van der Waals surface area contributed by atoms with E-state index in [4.69, 9.17) is 4.98 Å². The summed E-state index contributed by atoms with van der Waals surface area (Å²) in [5.41, 5.74) is 1.88. The summed E-state index contributed by atoms with van der Waals surface area (Å²) in [6.07, 6.45) is 4.11. The molecule has 1 atom stereocenters. The third-order valence-electron chi connectivity index (χ3n) is 4.89. The first kappa shape index (κ1) is 17.6. The number of pyridine rings is 2. The molecule has 0 spiro atoms. The molecule has 2 aromatic carbocycles. The lowest BCUT2D eigenvalue weighted by Gasteiger charge is -2.23. The van der Waals surface area contributed by atoms with E-state index >= 15 is 0 Å². The topological polar surface area (TPSA) is 42.9 Å². The monoisotopic (exact) mass is 372 g/mol. The Morgan fingerprint density at radius 2 is 1.48 bits per heavy atom. The van der Waals surface area contributed by atoms with Crippen molar-refractivity contribution in [2.75, 3.05) is 6.16 Å². The molecule has 134 valence electrons. The molecule has 2 aromatic heterocycles. The van der Waals surface area contributed by atoms with E-state index in [1.165, 1.54) is 0 Å². The number of hydrogen-bond acceptors (Lipinski definition) is 3. The Bertz CT molecular complexity index is 1050. The average Bonchev–Trinajstić information content (AvgIpc) is 2.74. The molecule has 0 fully saturated rings. The van der Waals surface area contributed by atoms with Crippen molar-refractivity contribution in [2.24, 2.45) is 0 Å². The molecule has 0 N–H and O–H groups in total. The molecule has 0 saturated carbocycles. The number of hydrogen-bond donors (Lipinski definition) is 0. The highest BCUT2D eigenvalue weighted by Gasteiger charge is 2.30. The van der Waals surface area contributed by atoms with Crippen LogP contribution in [0.15, 0.2) is 91.3 Å². The van der Waals surface area contributed by atoms with Crippen molar-refractivity contribution in [3.05, 3.63) is 97.0 Å². The average molecular weight is 372 g/mol. The van der Waals surface area contributed by atoms with Crippen molar-refractivity contribution in [1.29, 1.82) is 0 Å². The zero-order valence-corrected chi connectivity index (χ0v) is 16.1. The fraction of sp³-hybridized carbons (Fsp3) is 0.130. The number of rotatable bonds is 5. The largest absolute Gasteiger partial charge is 0.314 e. The molecule has 1 unspecified atom stereocenters. The van der Waals surface area contributed by atoms with Crippen LogP contribution in [-0.4, -0.2) is 16.1 Å². The van der Waals surface area contributed by atoms with E-state index in [0.29, 0.717) is 6.16 Å². The van der Waals surface area contributed by atoms with Crippen LogP contribution >= 0.6 is 7.14 Å². The van der Waals surface area contributed by atoms with E-state index in [0.717, 1.165) is 27.2 Å². The third kappa shape index (κ3) is 3.56. The maximum atomic E-state index is 14.2. The van der Waals surface area contributed by atoms with E-state index in [-0.39, 0.29) is 5.92 Å². The Hall–Kier alpha value is -2.77. The summed E-state index contributed by atoms with van der Waals surface area (Å²) in [6.45, 7) is 2.11. The van der Waals surface area contributed by atoms with Crippen molar-refractivity contribution in [2.45, 2.75) is 12.8 Å². The van der Waals surface area contributed by atoms with Crippen LogP contribution in [0.25, 0.3) is 10.9 Å². The summed E-state index contributed by atoms with van der Waals surface area (Å²) >= 11 is 0. The maximum Gasteiger partial charge on any atom is 0.143 e. The molecule has 4 heteroatoms. The van der Waals surface area contributed by atoms with Gasteiger partial charge in [-0.25, -0.2) is 0 Å². The lowest BCUT2D eigenvalue weighted by Crippen LogP contribution is -2.21. The normalized spacial score (nSPS) is 12.8. The van der Waals surface area contributed by atoms with Gasteiger partial charge in [0.1, 0.15) is 7.14 Å². The van der Waals surface area contributed by atoms with Crippen molar-refractivity contribution < 1.29 is 4.57 Å². The summed E-state index contributed by atoms with van der Waals surface area (Å²) in [5.74, 6) is 0.0637. The van der Waals surface area contributed by atoms with Gasteiger partial charge in [-0.15, -0.1) is 0 Å². The molecular weight excluding hydrogens is 351 g/mol. The van der Waals surface area contributed by atoms with Crippen molar-refractivity contribution >= 4 is 28.7 Å². The fourth-order valence-electron chi connectivity index (χ4n) is 3.43. The Balaban J connectivity index is 1.74. The molecule has 0 amide bonds. The van der Waals surface area contributed by atoms with Gasteiger partial charge < -0.3 is 4.57 Å².